The van der Waals surface area contributed by atoms with E-state index in [1.165, 1.54) is 11.3 Å². The van der Waals surface area contributed by atoms with Crippen molar-refractivity contribution in [2.24, 2.45) is 0 Å². The fraction of sp³-hybridized carbons (Fsp3) is 0.529. The Kier molecular flexibility index (Phi) is 4.89. The van der Waals surface area contributed by atoms with Gasteiger partial charge in [-0.25, -0.2) is 4.98 Å². The topological polar surface area (TPSA) is 101 Å². The van der Waals surface area contributed by atoms with Gasteiger partial charge < -0.3 is 10.4 Å². The molecular weight excluding hydrogens is 342 g/mol. The average molecular weight is 363 g/mol. The number of carbonyl (C=O) groups excluding carboxylic acids is 1. The Labute approximate surface area is 148 Å². The van der Waals surface area contributed by atoms with Crippen LogP contribution in [0.3, 0.4) is 0 Å². The minimum absolute atomic E-state index is 0.0757. The summed E-state index contributed by atoms with van der Waals surface area (Å²) in [6.45, 7) is 4.07. The van der Waals surface area contributed by atoms with Crippen LogP contribution in [0, 0.1) is 6.92 Å². The lowest BCUT2D eigenvalue weighted by atomic mass is 10.2. The standard InChI is InChI=1S/C17H21N3O4S/c1-9(8-12(21)22)18-15(23)14-10(2)13-16(25-14)19-11-6-4-3-5-7-20(11)17(13)24/h9H,3-8H2,1-2H3,(H,18,23)(H,21,22). The molecule has 1 amide bonds. The molecule has 1 atom stereocenters. The molecule has 0 bridgehead atoms. The summed E-state index contributed by atoms with van der Waals surface area (Å²) in [5.41, 5.74) is 0.547. The number of hydrogen-bond acceptors (Lipinski definition) is 5. The van der Waals surface area contributed by atoms with Gasteiger partial charge in [-0.05, 0) is 32.3 Å². The Morgan fingerprint density at radius 3 is 2.84 bits per heavy atom. The Balaban J connectivity index is 2.00. The molecule has 1 unspecified atom stereocenters. The third-order valence-corrected chi connectivity index (χ3v) is 5.66. The van der Waals surface area contributed by atoms with Crippen LogP contribution < -0.4 is 10.9 Å². The highest BCUT2D eigenvalue weighted by Crippen LogP contribution is 2.28. The second-order valence-electron chi connectivity index (χ2n) is 6.50. The highest BCUT2D eigenvalue weighted by atomic mass is 32.1. The van der Waals surface area contributed by atoms with Gasteiger partial charge in [0, 0.05) is 19.0 Å². The van der Waals surface area contributed by atoms with Crippen LogP contribution in [0.1, 0.15) is 53.7 Å². The third kappa shape index (κ3) is 3.44. The van der Waals surface area contributed by atoms with E-state index in [2.05, 4.69) is 10.3 Å². The maximum Gasteiger partial charge on any atom is 0.305 e. The van der Waals surface area contributed by atoms with Gasteiger partial charge in [0.15, 0.2) is 0 Å². The summed E-state index contributed by atoms with van der Waals surface area (Å²) in [5.74, 6) is -0.527. The van der Waals surface area contributed by atoms with Crippen molar-refractivity contribution in [2.45, 2.75) is 58.5 Å². The zero-order valence-electron chi connectivity index (χ0n) is 14.3. The van der Waals surface area contributed by atoms with Crippen LogP contribution >= 0.6 is 11.3 Å². The number of fused-ring (bicyclic) bond motifs is 2. The van der Waals surface area contributed by atoms with Crippen molar-refractivity contribution in [3.05, 3.63) is 26.6 Å². The largest absolute Gasteiger partial charge is 0.481 e. The van der Waals surface area contributed by atoms with Gasteiger partial charge in [0.1, 0.15) is 10.7 Å². The molecule has 2 aromatic heterocycles. The first-order chi connectivity index (χ1) is 11.9. The molecule has 0 saturated heterocycles. The monoisotopic (exact) mass is 363 g/mol. The molecule has 0 radical (unpaired) electrons. The first-order valence-corrected chi connectivity index (χ1v) is 9.25. The fourth-order valence-electron chi connectivity index (χ4n) is 3.23. The van der Waals surface area contributed by atoms with Gasteiger partial charge in [-0.2, -0.15) is 0 Å². The molecule has 3 rings (SSSR count). The minimum atomic E-state index is -0.968. The summed E-state index contributed by atoms with van der Waals surface area (Å²) in [6, 6.07) is -0.486. The molecule has 3 heterocycles. The SMILES string of the molecule is Cc1c(C(=O)NC(C)CC(=O)O)sc2nc3n(c(=O)c12)CCCCC3. The number of carbonyl (C=O) groups is 2. The zero-order valence-corrected chi connectivity index (χ0v) is 15.1. The van der Waals surface area contributed by atoms with E-state index in [0.29, 0.717) is 27.2 Å². The first kappa shape index (κ1) is 17.6. The molecule has 8 heteroatoms. The number of nitrogens with one attached hydrogen (secondary N) is 1. The maximum absolute atomic E-state index is 12.9. The Bertz CT molecular complexity index is 899. The zero-order chi connectivity index (χ0) is 18.1. The van der Waals surface area contributed by atoms with E-state index in [1.807, 2.05) is 0 Å². The van der Waals surface area contributed by atoms with Crippen molar-refractivity contribution >= 4 is 33.4 Å². The number of amides is 1. The van der Waals surface area contributed by atoms with Crippen molar-refractivity contribution in [3.63, 3.8) is 0 Å². The molecule has 2 aromatic rings. The molecule has 1 aliphatic rings. The number of nitrogens with zero attached hydrogens (tertiary/aromatic N) is 2. The maximum atomic E-state index is 12.9. The summed E-state index contributed by atoms with van der Waals surface area (Å²) >= 11 is 1.20. The Hall–Kier alpha value is -2.22. The van der Waals surface area contributed by atoms with Crippen molar-refractivity contribution < 1.29 is 14.7 Å². The molecule has 0 aliphatic carbocycles. The molecule has 0 fully saturated rings. The van der Waals surface area contributed by atoms with Crippen LogP contribution in [-0.4, -0.2) is 32.6 Å². The molecule has 1 aliphatic heterocycles. The lowest BCUT2D eigenvalue weighted by Gasteiger charge is -2.10. The predicted octanol–water partition coefficient (Wildman–Crippen LogP) is 2.09. The number of carboxylic acid groups (broad SMARTS) is 1. The van der Waals surface area contributed by atoms with E-state index in [1.54, 1.807) is 18.4 Å². The highest BCUT2D eigenvalue weighted by molar-refractivity contribution is 7.20. The Morgan fingerprint density at radius 2 is 2.12 bits per heavy atom. The number of aliphatic carboxylic acids is 1. The van der Waals surface area contributed by atoms with Gasteiger partial charge in [0.2, 0.25) is 0 Å². The predicted molar refractivity (Wildman–Crippen MR) is 95.4 cm³/mol. The second-order valence-corrected chi connectivity index (χ2v) is 7.50. The van der Waals surface area contributed by atoms with E-state index in [-0.39, 0.29) is 17.9 Å². The summed E-state index contributed by atoms with van der Waals surface area (Å²) in [5, 5.41) is 12.0. The van der Waals surface area contributed by atoms with Crippen LogP contribution in [-0.2, 0) is 17.8 Å². The summed E-state index contributed by atoms with van der Waals surface area (Å²) in [4.78, 5) is 41.8. The first-order valence-electron chi connectivity index (χ1n) is 8.44. The van der Waals surface area contributed by atoms with Crippen LogP contribution in [0.25, 0.3) is 10.2 Å². The molecular formula is C17H21N3O4S. The summed E-state index contributed by atoms with van der Waals surface area (Å²) in [7, 11) is 0. The van der Waals surface area contributed by atoms with Crippen LogP contribution in [0.5, 0.6) is 0 Å². The molecule has 0 spiro atoms. The van der Waals surface area contributed by atoms with E-state index in [9.17, 15) is 14.4 Å². The van der Waals surface area contributed by atoms with Gasteiger partial charge in [-0.1, -0.05) is 6.42 Å². The van der Waals surface area contributed by atoms with Gasteiger partial charge in [0.05, 0.1) is 16.7 Å². The van der Waals surface area contributed by atoms with Crippen molar-refractivity contribution in [1.82, 2.24) is 14.9 Å². The van der Waals surface area contributed by atoms with Crippen LogP contribution in [0.2, 0.25) is 0 Å². The summed E-state index contributed by atoms with van der Waals surface area (Å²) in [6.07, 6.45) is 3.69. The molecule has 0 aromatic carbocycles. The molecule has 25 heavy (non-hydrogen) atoms. The minimum Gasteiger partial charge on any atom is -0.481 e. The second kappa shape index (κ2) is 6.95. The third-order valence-electron chi connectivity index (χ3n) is 4.48. The van der Waals surface area contributed by atoms with E-state index in [0.717, 1.165) is 31.5 Å². The lowest BCUT2D eigenvalue weighted by Crippen LogP contribution is -2.34. The van der Waals surface area contributed by atoms with Gasteiger partial charge >= 0.3 is 5.97 Å². The van der Waals surface area contributed by atoms with Crippen molar-refractivity contribution in [3.8, 4) is 0 Å². The number of thiophene rings is 1. The average Bonchev–Trinajstić information content (AvgIpc) is 2.70. The van der Waals surface area contributed by atoms with Gasteiger partial charge in [0.25, 0.3) is 11.5 Å². The smallest absolute Gasteiger partial charge is 0.305 e. The number of aromatic nitrogens is 2. The quantitative estimate of drug-likeness (QED) is 0.866. The Morgan fingerprint density at radius 1 is 1.36 bits per heavy atom. The number of aryl methyl sites for hydroxylation is 2. The van der Waals surface area contributed by atoms with E-state index in [4.69, 9.17) is 5.11 Å². The van der Waals surface area contributed by atoms with Crippen molar-refractivity contribution in [1.29, 1.82) is 0 Å². The fourth-order valence-corrected chi connectivity index (χ4v) is 4.32. The van der Waals surface area contributed by atoms with Crippen LogP contribution in [0.4, 0.5) is 0 Å². The van der Waals surface area contributed by atoms with E-state index < -0.39 is 12.0 Å². The molecule has 7 nitrogen and oxygen atoms in total. The number of hydrogen-bond donors (Lipinski definition) is 2. The van der Waals surface area contributed by atoms with E-state index >= 15 is 0 Å². The molecule has 0 saturated carbocycles. The van der Waals surface area contributed by atoms with Gasteiger partial charge in [-0.3, -0.25) is 19.0 Å². The lowest BCUT2D eigenvalue weighted by molar-refractivity contribution is -0.137. The summed E-state index contributed by atoms with van der Waals surface area (Å²) < 4.78 is 1.74. The number of rotatable bonds is 4. The number of carboxylic acids is 1. The van der Waals surface area contributed by atoms with Crippen LogP contribution in [0.15, 0.2) is 4.79 Å². The highest BCUT2D eigenvalue weighted by Gasteiger charge is 2.23. The van der Waals surface area contributed by atoms with Gasteiger partial charge in [-0.15, -0.1) is 11.3 Å². The molecule has 2 N–H and O–H groups in total. The normalized spacial score (nSPS) is 15.4. The molecule has 134 valence electrons. The van der Waals surface area contributed by atoms with Crippen molar-refractivity contribution in [2.75, 3.05) is 0 Å².